The van der Waals surface area contributed by atoms with Crippen molar-refractivity contribution in [2.45, 2.75) is 58.2 Å². The van der Waals surface area contributed by atoms with Crippen LogP contribution in [0.5, 0.6) is 0 Å². The molecule has 0 aromatic carbocycles. The van der Waals surface area contributed by atoms with Crippen molar-refractivity contribution >= 4 is 29.4 Å². The van der Waals surface area contributed by atoms with Gasteiger partial charge in [0.2, 0.25) is 11.1 Å². The lowest BCUT2D eigenvalue weighted by atomic mass is 10.0. The molecule has 2 aromatic rings. The van der Waals surface area contributed by atoms with Gasteiger partial charge in [-0.15, -0.1) is 5.10 Å². The zero-order chi connectivity index (χ0) is 20.1. The second kappa shape index (κ2) is 9.16. The van der Waals surface area contributed by atoms with Crippen molar-refractivity contribution in [3.8, 4) is 0 Å². The maximum absolute atomic E-state index is 12.4. The number of carbonyl (C=O) groups excluding carboxylic acids is 2. The van der Waals surface area contributed by atoms with Crippen molar-refractivity contribution in [3.63, 3.8) is 0 Å². The number of esters is 1. The zero-order valence-electron chi connectivity index (χ0n) is 16.7. The Hall–Kier alpha value is -2.16. The van der Waals surface area contributed by atoms with Gasteiger partial charge in [-0.25, -0.2) is 14.3 Å². The Morgan fingerprint density at radius 3 is 2.56 bits per heavy atom. The minimum atomic E-state index is -0.621. The van der Waals surface area contributed by atoms with E-state index >= 15 is 0 Å². The third-order valence-corrected chi connectivity index (χ3v) is 4.88. The third-order valence-electron chi connectivity index (χ3n) is 4.34. The van der Waals surface area contributed by atoms with Gasteiger partial charge in [0.25, 0.3) is 5.78 Å². The maximum Gasteiger partial charge on any atom is 0.328 e. The van der Waals surface area contributed by atoms with Gasteiger partial charge in [0.15, 0.2) is 0 Å². The number of nitrogens with one attached hydrogen (secondary N) is 1. The smallest absolute Gasteiger partial charge is 0.328 e. The normalized spacial score (nSPS) is 12.4. The molecule has 8 nitrogen and oxygen atoms in total. The first kappa shape index (κ1) is 21.1. The number of thioether (sulfide) groups is 1. The van der Waals surface area contributed by atoms with Gasteiger partial charge in [-0.05, 0) is 44.4 Å². The summed E-state index contributed by atoms with van der Waals surface area (Å²) in [6.07, 6.45) is 3.22. The van der Waals surface area contributed by atoms with Crippen LogP contribution in [-0.4, -0.2) is 50.9 Å². The fourth-order valence-corrected chi connectivity index (χ4v) is 3.31. The Kier molecular flexibility index (Phi) is 7.18. The van der Waals surface area contributed by atoms with E-state index in [0.29, 0.717) is 23.8 Å². The van der Waals surface area contributed by atoms with Crippen molar-refractivity contribution < 1.29 is 14.3 Å². The molecule has 0 aliphatic rings. The van der Waals surface area contributed by atoms with E-state index in [4.69, 9.17) is 4.74 Å². The number of amides is 1. The summed E-state index contributed by atoms with van der Waals surface area (Å²) in [6, 6.07) is -0.621. The molecule has 0 spiro atoms. The van der Waals surface area contributed by atoms with Crippen LogP contribution in [0.3, 0.4) is 0 Å². The third kappa shape index (κ3) is 5.18. The molecule has 0 fully saturated rings. The van der Waals surface area contributed by atoms with Crippen LogP contribution < -0.4 is 5.32 Å². The van der Waals surface area contributed by atoms with Gasteiger partial charge in [0.1, 0.15) is 6.04 Å². The SMILES string of the molecule is COC(=O)C(CC(C)C)NC(=O)CCc1c(C)nc2nc(SC)nn2c1C. The van der Waals surface area contributed by atoms with Crippen LogP contribution >= 0.6 is 11.8 Å². The van der Waals surface area contributed by atoms with Crippen molar-refractivity contribution in [3.05, 3.63) is 17.0 Å². The van der Waals surface area contributed by atoms with Gasteiger partial charge in [-0.2, -0.15) is 4.98 Å². The largest absolute Gasteiger partial charge is 0.467 e. The Balaban J connectivity index is 2.10. The van der Waals surface area contributed by atoms with E-state index in [9.17, 15) is 9.59 Å². The van der Waals surface area contributed by atoms with E-state index in [2.05, 4.69) is 20.4 Å². The van der Waals surface area contributed by atoms with E-state index in [1.54, 1.807) is 4.52 Å². The highest BCUT2D eigenvalue weighted by Gasteiger charge is 2.23. The molecule has 1 amide bonds. The molecular formula is C18H27N5O3S. The van der Waals surface area contributed by atoms with E-state index in [0.717, 1.165) is 17.0 Å². The highest BCUT2D eigenvalue weighted by molar-refractivity contribution is 7.98. The van der Waals surface area contributed by atoms with E-state index in [-0.39, 0.29) is 18.2 Å². The standard InChI is InChI=1S/C18H27N5O3S/c1-10(2)9-14(16(25)26-5)20-15(24)8-7-13-11(3)19-17-21-18(27-6)22-23(17)12(13)4/h10,14H,7-9H2,1-6H3,(H,20,24). The molecule has 2 aromatic heterocycles. The van der Waals surface area contributed by atoms with Crippen LogP contribution in [0.15, 0.2) is 5.16 Å². The summed E-state index contributed by atoms with van der Waals surface area (Å²) in [6.45, 7) is 7.85. The molecule has 2 rings (SSSR count). The summed E-state index contributed by atoms with van der Waals surface area (Å²) in [7, 11) is 1.33. The van der Waals surface area contributed by atoms with E-state index in [1.807, 2.05) is 34.0 Å². The number of methoxy groups -OCH3 is 1. The molecule has 1 N–H and O–H groups in total. The molecule has 0 aliphatic carbocycles. The quantitative estimate of drug-likeness (QED) is 0.542. The van der Waals surface area contributed by atoms with Crippen molar-refractivity contribution in [2.75, 3.05) is 13.4 Å². The molecule has 1 atom stereocenters. The van der Waals surface area contributed by atoms with Crippen molar-refractivity contribution in [1.82, 2.24) is 24.9 Å². The van der Waals surface area contributed by atoms with Gasteiger partial charge >= 0.3 is 5.97 Å². The van der Waals surface area contributed by atoms with Crippen molar-refractivity contribution in [2.24, 2.45) is 5.92 Å². The van der Waals surface area contributed by atoms with Gasteiger partial charge < -0.3 is 10.1 Å². The topological polar surface area (TPSA) is 98.5 Å². The van der Waals surface area contributed by atoms with Crippen LogP contribution in [0.4, 0.5) is 0 Å². The van der Waals surface area contributed by atoms with Crippen LogP contribution in [0.1, 0.15) is 43.6 Å². The lowest BCUT2D eigenvalue weighted by Crippen LogP contribution is -2.42. The molecule has 0 aliphatic heterocycles. The predicted octanol–water partition coefficient (Wildman–Crippen LogP) is 2.10. The summed E-state index contributed by atoms with van der Waals surface area (Å²) < 4.78 is 6.50. The summed E-state index contributed by atoms with van der Waals surface area (Å²) >= 11 is 1.46. The zero-order valence-corrected chi connectivity index (χ0v) is 17.5. The summed E-state index contributed by atoms with van der Waals surface area (Å²) in [5.41, 5.74) is 2.72. The second-order valence-corrected chi connectivity index (χ2v) is 7.62. The molecule has 0 saturated heterocycles. The first-order valence-electron chi connectivity index (χ1n) is 8.90. The summed E-state index contributed by atoms with van der Waals surface area (Å²) in [5.74, 6) is 0.224. The Morgan fingerprint density at radius 2 is 1.96 bits per heavy atom. The Bertz CT molecular complexity index is 834. The molecular weight excluding hydrogens is 366 g/mol. The lowest BCUT2D eigenvalue weighted by molar-refractivity contribution is -0.145. The van der Waals surface area contributed by atoms with Crippen LogP contribution in [0, 0.1) is 19.8 Å². The van der Waals surface area contributed by atoms with E-state index < -0.39 is 12.0 Å². The fourth-order valence-electron chi connectivity index (χ4n) is 2.97. The first-order valence-corrected chi connectivity index (χ1v) is 10.1. The molecule has 1 unspecified atom stereocenters. The number of fused-ring (bicyclic) bond motifs is 1. The predicted molar refractivity (Wildman–Crippen MR) is 104 cm³/mol. The molecule has 27 heavy (non-hydrogen) atoms. The van der Waals surface area contributed by atoms with Crippen LogP contribution in [0.25, 0.3) is 5.78 Å². The second-order valence-electron chi connectivity index (χ2n) is 6.84. The molecule has 0 saturated carbocycles. The number of aryl methyl sites for hydroxylation is 2. The molecule has 148 valence electrons. The molecule has 9 heteroatoms. The van der Waals surface area contributed by atoms with Gasteiger partial charge in [-0.3, -0.25) is 4.79 Å². The number of carbonyl (C=O) groups is 2. The minimum absolute atomic E-state index is 0.187. The minimum Gasteiger partial charge on any atom is -0.467 e. The maximum atomic E-state index is 12.4. The lowest BCUT2D eigenvalue weighted by Gasteiger charge is -2.18. The van der Waals surface area contributed by atoms with Crippen LogP contribution in [0.2, 0.25) is 0 Å². The van der Waals surface area contributed by atoms with Crippen molar-refractivity contribution in [1.29, 1.82) is 0 Å². The Labute approximate surface area is 163 Å². The van der Waals surface area contributed by atoms with Gasteiger partial charge in [0, 0.05) is 17.8 Å². The van der Waals surface area contributed by atoms with E-state index in [1.165, 1.54) is 18.9 Å². The molecule has 2 heterocycles. The highest BCUT2D eigenvalue weighted by Crippen LogP contribution is 2.18. The summed E-state index contributed by atoms with van der Waals surface area (Å²) in [5, 5.41) is 7.87. The number of aromatic nitrogens is 4. The number of nitrogens with zero attached hydrogens (tertiary/aromatic N) is 4. The van der Waals surface area contributed by atoms with Crippen LogP contribution in [-0.2, 0) is 20.7 Å². The molecule has 0 radical (unpaired) electrons. The van der Waals surface area contributed by atoms with Gasteiger partial charge in [0.05, 0.1) is 7.11 Å². The van der Waals surface area contributed by atoms with Gasteiger partial charge in [-0.1, -0.05) is 25.6 Å². The Morgan fingerprint density at radius 1 is 1.26 bits per heavy atom. The average molecular weight is 394 g/mol. The number of hydrogen-bond acceptors (Lipinski definition) is 7. The summed E-state index contributed by atoms with van der Waals surface area (Å²) in [4.78, 5) is 33.1. The monoisotopic (exact) mass is 393 g/mol. The molecule has 0 bridgehead atoms. The number of ether oxygens (including phenoxy) is 1. The number of rotatable bonds is 8. The fraction of sp³-hybridized carbons (Fsp3) is 0.611. The highest BCUT2D eigenvalue weighted by atomic mass is 32.2. The first-order chi connectivity index (χ1) is 12.8. The average Bonchev–Trinajstić information content (AvgIpc) is 3.03. The number of hydrogen-bond donors (Lipinski definition) is 1.